The second-order valence-electron chi connectivity index (χ2n) is 4.79. The molecule has 1 N–H and O–H groups in total. The Morgan fingerprint density at radius 1 is 1.05 bits per heavy atom. The summed E-state index contributed by atoms with van der Waals surface area (Å²) >= 11 is 6.01. The van der Waals surface area contributed by atoms with Gasteiger partial charge >= 0.3 is 0 Å². The Bertz CT molecular complexity index is 754. The number of hydrogen-bond donors (Lipinski definition) is 1. The molecule has 0 atom stereocenters. The molecule has 0 unspecified atom stereocenters. The van der Waals surface area contributed by atoms with E-state index in [0.29, 0.717) is 21.8 Å². The molecule has 2 aromatic rings. The molecule has 0 aliphatic heterocycles. The van der Waals surface area contributed by atoms with Crippen LogP contribution in [0.2, 0.25) is 5.02 Å². The van der Waals surface area contributed by atoms with Crippen LogP contribution < -0.4 is 4.72 Å². The van der Waals surface area contributed by atoms with Gasteiger partial charge in [-0.05, 0) is 55.7 Å². The fourth-order valence-corrected chi connectivity index (χ4v) is 3.54. The zero-order chi connectivity index (χ0) is 14.9. The molecule has 0 aliphatic carbocycles. The number of halogens is 1. The standard InChI is InChI=1S/C15H16ClNO2S/c1-10-7-8-11(2)15(9-10)20(18,19)17-14-6-4-5-13(16)12(14)3/h4-9,17H,1-3H3. The lowest BCUT2D eigenvalue weighted by molar-refractivity contribution is 0.600. The number of rotatable bonds is 3. The number of aryl methyl sites for hydroxylation is 2. The van der Waals surface area contributed by atoms with Crippen LogP contribution in [0.5, 0.6) is 0 Å². The first-order chi connectivity index (χ1) is 9.31. The summed E-state index contributed by atoms with van der Waals surface area (Å²) in [4.78, 5) is 0.289. The zero-order valence-electron chi connectivity index (χ0n) is 11.6. The number of anilines is 1. The molecule has 2 aromatic carbocycles. The normalized spacial score (nSPS) is 11.4. The average Bonchev–Trinajstić information content (AvgIpc) is 2.37. The van der Waals surface area contributed by atoms with Crippen molar-refractivity contribution in [1.29, 1.82) is 0 Å². The first-order valence-corrected chi connectivity index (χ1v) is 8.02. The van der Waals surface area contributed by atoms with Gasteiger partial charge in [0.2, 0.25) is 0 Å². The van der Waals surface area contributed by atoms with Gasteiger partial charge in [-0.1, -0.05) is 29.8 Å². The summed E-state index contributed by atoms with van der Waals surface area (Å²) in [5.41, 5.74) is 2.82. The van der Waals surface area contributed by atoms with Crippen molar-refractivity contribution in [3.05, 3.63) is 58.1 Å². The lowest BCUT2D eigenvalue weighted by Crippen LogP contribution is -2.15. The van der Waals surface area contributed by atoms with E-state index in [4.69, 9.17) is 11.6 Å². The smallest absolute Gasteiger partial charge is 0.262 e. The molecular weight excluding hydrogens is 294 g/mol. The quantitative estimate of drug-likeness (QED) is 0.929. The van der Waals surface area contributed by atoms with Gasteiger partial charge in [-0.3, -0.25) is 4.72 Å². The van der Waals surface area contributed by atoms with E-state index in [2.05, 4.69) is 4.72 Å². The molecule has 0 radical (unpaired) electrons. The van der Waals surface area contributed by atoms with E-state index >= 15 is 0 Å². The molecule has 2 rings (SSSR count). The molecule has 0 saturated heterocycles. The summed E-state index contributed by atoms with van der Waals surface area (Å²) in [6, 6.07) is 10.5. The monoisotopic (exact) mass is 309 g/mol. The second-order valence-corrected chi connectivity index (χ2v) is 6.84. The fourth-order valence-electron chi connectivity index (χ4n) is 1.91. The number of benzene rings is 2. The van der Waals surface area contributed by atoms with Crippen molar-refractivity contribution < 1.29 is 8.42 Å². The molecule has 106 valence electrons. The Labute approximate surface area is 124 Å². The summed E-state index contributed by atoms with van der Waals surface area (Å²) in [5, 5.41) is 0.533. The summed E-state index contributed by atoms with van der Waals surface area (Å²) in [6.07, 6.45) is 0. The van der Waals surface area contributed by atoms with Crippen molar-refractivity contribution in [1.82, 2.24) is 0 Å². The van der Waals surface area contributed by atoms with E-state index < -0.39 is 10.0 Å². The lowest BCUT2D eigenvalue weighted by Gasteiger charge is -2.13. The minimum Gasteiger partial charge on any atom is -0.279 e. The lowest BCUT2D eigenvalue weighted by atomic mass is 10.2. The Hall–Kier alpha value is -1.52. The highest BCUT2D eigenvalue weighted by molar-refractivity contribution is 7.92. The molecule has 20 heavy (non-hydrogen) atoms. The number of hydrogen-bond acceptors (Lipinski definition) is 2. The predicted molar refractivity (Wildman–Crippen MR) is 82.9 cm³/mol. The highest BCUT2D eigenvalue weighted by Gasteiger charge is 2.18. The van der Waals surface area contributed by atoms with E-state index in [1.54, 1.807) is 44.2 Å². The maximum absolute atomic E-state index is 12.5. The van der Waals surface area contributed by atoms with Crippen molar-refractivity contribution in [2.24, 2.45) is 0 Å². The van der Waals surface area contributed by atoms with Gasteiger partial charge in [0.25, 0.3) is 10.0 Å². The maximum atomic E-state index is 12.5. The van der Waals surface area contributed by atoms with Crippen molar-refractivity contribution in [2.45, 2.75) is 25.7 Å². The van der Waals surface area contributed by atoms with Crippen LogP contribution in [0.1, 0.15) is 16.7 Å². The Balaban J connectivity index is 2.46. The van der Waals surface area contributed by atoms with Crippen LogP contribution in [0.3, 0.4) is 0 Å². The van der Waals surface area contributed by atoms with Gasteiger partial charge < -0.3 is 0 Å². The summed E-state index contributed by atoms with van der Waals surface area (Å²) in [5.74, 6) is 0. The molecular formula is C15H16ClNO2S. The Morgan fingerprint density at radius 3 is 2.45 bits per heavy atom. The van der Waals surface area contributed by atoms with Crippen LogP contribution >= 0.6 is 11.6 Å². The van der Waals surface area contributed by atoms with Crippen molar-refractivity contribution >= 4 is 27.3 Å². The van der Waals surface area contributed by atoms with Gasteiger partial charge in [-0.15, -0.1) is 0 Å². The molecule has 0 saturated carbocycles. The van der Waals surface area contributed by atoms with Crippen LogP contribution in [0.25, 0.3) is 0 Å². The first kappa shape index (κ1) is 14.9. The summed E-state index contributed by atoms with van der Waals surface area (Å²) in [7, 11) is -3.61. The van der Waals surface area contributed by atoms with E-state index in [1.165, 1.54) is 0 Å². The largest absolute Gasteiger partial charge is 0.279 e. The molecule has 0 heterocycles. The SMILES string of the molecule is Cc1ccc(C)c(S(=O)(=O)Nc2cccc(Cl)c2C)c1. The maximum Gasteiger partial charge on any atom is 0.262 e. The third kappa shape index (κ3) is 2.97. The van der Waals surface area contributed by atoms with Crippen LogP contribution in [0.4, 0.5) is 5.69 Å². The fraction of sp³-hybridized carbons (Fsp3) is 0.200. The van der Waals surface area contributed by atoms with Crippen molar-refractivity contribution in [3.63, 3.8) is 0 Å². The minimum absolute atomic E-state index is 0.289. The van der Waals surface area contributed by atoms with Crippen molar-refractivity contribution in [2.75, 3.05) is 4.72 Å². The molecule has 0 aromatic heterocycles. The third-order valence-electron chi connectivity index (χ3n) is 3.15. The summed E-state index contributed by atoms with van der Waals surface area (Å²) < 4.78 is 27.6. The number of sulfonamides is 1. The topological polar surface area (TPSA) is 46.2 Å². The first-order valence-electron chi connectivity index (χ1n) is 6.16. The van der Waals surface area contributed by atoms with Gasteiger partial charge in [0, 0.05) is 5.02 Å². The van der Waals surface area contributed by atoms with Crippen LogP contribution in [0, 0.1) is 20.8 Å². The molecule has 3 nitrogen and oxygen atoms in total. The Kier molecular flexibility index (Phi) is 4.06. The highest BCUT2D eigenvalue weighted by Crippen LogP contribution is 2.26. The van der Waals surface area contributed by atoms with Gasteiger partial charge in [0.15, 0.2) is 0 Å². The highest BCUT2D eigenvalue weighted by atomic mass is 35.5. The summed E-state index contributed by atoms with van der Waals surface area (Å²) in [6.45, 7) is 5.42. The van der Waals surface area contributed by atoms with Crippen LogP contribution in [0.15, 0.2) is 41.3 Å². The minimum atomic E-state index is -3.61. The van der Waals surface area contributed by atoms with Gasteiger partial charge in [0.05, 0.1) is 10.6 Å². The molecule has 0 spiro atoms. The predicted octanol–water partition coefficient (Wildman–Crippen LogP) is 4.07. The van der Waals surface area contributed by atoms with E-state index in [1.807, 2.05) is 13.0 Å². The van der Waals surface area contributed by atoms with Crippen LogP contribution in [-0.4, -0.2) is 8.42 Å². The van der Waals surface area contributed by atoms with E-state index in [-0.39, 0.29) is 4.90 Å². The Morgan fingerprint density at radius 2 is 1.75 bits per heavy atom. The number of nitrogens with one attached hydrogen (secondary N) is 1. The molecule has 0 fully saturated rings. The zero-order valence-corrected chi connectivity index (χ0v) is 13.1. The third-order valence-corrected chi connectivity index (χ3v) is 5.06. The molecule has 5 heteroatoms. The molecule has 0 amide bonds. The van der Waals surface area contributed by atoms with Gasteiger partial charge in [-0.2, -0.15) is 0 Å². The van der Waals surface area contributed by atoms with Gasteiger partial charge in [-0.25, -0.2) is 8.42 Å². The van der Waals surface area contributed by atoms with Crippen LogP contribution in [-0.2, 0) is 10.0 Å². The second kappa shape index (κ2) is 5.46. The molecule has 0 aliphatic rings. The van der Waals surface area contributed by atoms with Gasteiger partial charge in [0.1, 0.15) is 0 Å². The van der Waals surface area contributed by atoms with E-state index in [9.17, 15) is 8.42 Å². The average molecular weight is 310 g/mol. The van der Waals surface area contributed by atoms with Crippen molar-refractivity contribution in [3.8, 4) is 0 Å². The molecule has 0 bridgehead atoms. The van der Waals surface area contributed by atoms with E-state index in [0.717, 1.165) is 5.56 Å².